The summed E-state index contributed by atoms with van der Waals surface area (Å²) in [7, 11) is 0. The number of carbonyl (C=O) groups excluding carboxylic acids is 1. The Bertz CT molecular complexity index is 1030. The van der Waals surface area contributed by atoms with Gasteiger partial charge in [-0.25, -0.2) is 9.48 Å². The zero-order chi connectivity index (χ0) is 19.9. The number of fused-ring (bicyclic) bond motifs is 1. The number of hydrogen-bond acceptors (Lipinski definition) is 5. The molecule has 0 aliphatic rings. The Hall–Kier alpha value is -3.15. The van der Waals surface area contributed by atoms with Crippen molar-refractivity contribution in [3.8, 4) is 11.5 Å². The predicted molar refractivity (Wildman–Crippen MR) is 108 cm³/mol. The first-order valence-corrected chi connectivity index (χ1v) is 9.59. The number of ether oxygens (including phenoxy) is 2. The van der Waals surface area contributed by atoms with Crippen LogP contribution >= 0.6 is 0 Å². The summed E-state index contributed by atoms with van der Waals surface area (Å²) in [6.45, 7) is 4.88. The second kappa shape index (κ2) is 9.17. The van der Waals surface area contributed by atoms with E-state index in [0.717, 1.165) is 19.3 Å². The SMILES string of the molecule is CCCCCn1nc(C(=O)Oc2ccccc2OCC)c2ccccc2c1=O. The molecule has 0 atom stereocenters. The lowest BCUT2D eigenvalue weighted by Crippen LogP contribution is -2.27. The first-order valence-electron chi connectivity index (χ1n) is 9.59. The first-order chi connectivity index (χ1) is 13.7. The topological polar surface area (TPSA) is 70.4 Å². The van der Waals surface area contributed by atoms with E-state index < -0.39 is 5.97 Å². The lowest BCUT2D eigenvalue weighted by Gasteiger charge is -2.12. The highest BCUT2D eigenvalue weighted by Gasteiger charge is 2.20. The minimum absolute atomic E-state index is 0.123. The fraction of sp³-hybridized carbons (Fsp3) is 0.318. The Morgan fingerprint density at radius 2 is 1.64 bits per heavy atom. The number of unbranched alkanes of at least 4 members (excludes halogenated alkanes) is 2. The van der Waals surface area contributed by atoms with Crippen molar-refractivity contribution < 1.29 is 14.3 Å². The molecule has 0 radical (unpaired) electrons. The van der Waals surface area contributed by atoms with Crippen molar-refractivity contribution >= 4 is 16.7 Å². The molecule has 1 aromatic heterocycles. The van der Waals surface area contributed by atoms with Crippen molar-refractivity contribution in [3.05, 3.63) is 64.6 Å². The lowest BCUT2D eigenvalue weighted by molar-refractivity contribution is 0.0721. The summed E-state index contributed by atoms with van der Waals surface area (Å²) >= 11 is 0. The monoisotopic (exact) mass is 380 g/mol. The normalized spacial score (nSPS) is 10.8. The smallest absolute Gasteiger partial charge is 0.364 e. The molecule has 0 amide bonds. The van der Waals surface area contributed by atoms with Gasteiger partial charge in [0.2, 0.25) is 0 Å². The summed E-state index contributed by atoms with van der Waals surface area (Å²) < 4.78 is 12.5. The van der Waals surface area contributed by atoms with Gasteiger partial charge in [-0.3, -0.25) is 4.79 Å². The summed E-state index contributed by atoms with van der Waals surface area (Å²) in [6.07, 6.45) is 2.84. The van der Waals surface area contributed by atoms with E-state index in [2.05, 4.69) is 12.0 Å². The molecule has 6 nitrogen and oxygen atoms in total. The van der Waals surface area contributed by atoms with Crippen LogP contribution in [0.3, 0.4) is 0 Å². The Balaban J connectivity index is 2.00. The van der Waals surface area contributed by atoms with Gasteiger partial charge in [0.05, 0.1) is 12.0 Å². The van der Waals surface area contributed by atoms with Crippen LogP contribution in [0.5, 0.6) is 11.5 Å². The van der Waals surface area contributed by atoms with Crippen molar-refractivity contribution in [2.24, 2.45) is 0 Å². The van der Waals surface area contributed by atoms with Crippen LogP contribution in [0, 0.1) is 0 Å². The molecular weight excluding hydrogens is 356 g/mol. The molecule has 0 aliphatic heterocycles. The van der Waals surface area contributed by atoms with Crippen molar-refractivity contribution in [1.29, 1.82) is 0 Å². The van der Waals surface area contributed by atoms with Gasteiger partial charge in [0.1, 0.15) is 0 Å². The molecule has 3 aromatic rings. The molecule has 0 bridgehead atoms. The molecule has 6 heteroatoms. The van der Waals surface area contributed by atoms with Crippen LogP contribution in [0.4, 0.5) is 0 Å². The zero-order valence-corrected chi connectivity index (χ0v) is 16.2. The van der Waals surface area contributed by atoms with E-state index in [4.69, 9.17) is 9.47 Å². The fourth-order valence-electron chi connectivity index (χ4n) is 3.01. The van der Waals surface area contributed by atoms with Gasteiger partial charge in [-0.1, -0.05) is 50.1 Å². The van der Waals surface area contributed by atoms with Crippen LogP contribution in [0.1, 0.15) is 43.6 Å². The summed E-state index contributed by atoms with van der Waals surface area (Å²) in [6, 6.07) is 14.0. The number of esters is 1. The van der Waals surface area contributed by atoms with Gasteiger partial charge in [-0.05, 0) is 31.5 Å². The van der Waals surface area contributed by atoms with Gasteiger partial charge in [-0.15, -0.1) is 0 Å². The van der Waals surface area contributed by atoms with E-state index >= 15 is 0 Å². The molecule has 1 heterocycles. The molecule has 0 saturated carbocycles. The molecule has 28 heavy (non-hydrogen) atoms. The van der Waals surface area contributed by atoms with Gasteiger partial charge in [-0.2, -0.15) is 5.10 Å². The molecule has 0 unspecified atom stereocenters. The molecule has 0 spiro atoms. The second-order valence-corrected chi connectivity index (χ2v) is 6.40. The maximum absolute atomic E-state index is 12.9. The van der Waals surface area contributed by atoms with E-state index in [-0.39, 0.29) is 11.3 Å². The van der Waals surface area contributed by atoms with Gasteiger partial charge >= 0.3 is 5.97 Å². The number of aromatic nitrogens is 2. The molecular formula is C22H24N2O4. The highest BCUT2D eigenvalue weighted by Crippen LogP contribution is 2.27. The van der Waals surface area contributed by atoms with Crippen molar-refractivity contribution in [3.63, 3.8) is 0 Å². The molecule has 0 fully saturated rings. The third-order valence-electron chi connectivity index (χ3n) is 4.39. The quantitative estimate of drug-likeness (QED) is 0.333. The number of hydrogen-bond donors (Lipinski definition) is 0. The summed E-state index contributed by atoms with van der Waals surface area (Å²) in [5.74, 6) is 0.190. The van der Waals surface area contributed by atoms with Crippen molar-refractivity contribution in [2.75, 3.05) is 6.61 Å². The third kappa shape index (κ3) is 4.22. The highest BCUT2D eigenvalue weighted by atomic mass is 16.6. The number of para-hydroxylation sites is 2. The minimum Gasteiger partial charge on any atom is -0.490 e. The van der Waals surface area contributed by atoms with Gasteiger partial charge < -0.3 is 9.47 Å². The number of aryl methyl sites for hydroxylation is 1. The Labute approximate surface area is 163 Å². The van der Waals surface area contributed by atoms with Crippen LogP contribution in [0.25, 0.3) is 10.8 Å². The fourth-order valence-corrected chi connectivity index (χ4v) is 3.01. The highest BCUT2D eigenvalue weighted by molar-refractivity contribution is 6.03. The van der Waals surface area contributed by atoms with Crippen LogP contribution in [-0.2, 0) is 6.54 Å². The van der Waals surface area contributed by atoms with Gasteiger partial charge in [0.15, 0.2) is 17.2 Å². The van der Waals surface area contributed by atoms with Crippen LogP contribution in [-0.4, -0.2) is 22.4 Å². The summed E-state index contributed by atoms with van der Waals surface area (Å²) in [5, 5.41) is 5.27. The van der Waals surface area contributed by atoms with E-state index in [1.807, 2.05) is 13.0 Å². The Kier molecular flexibility index (Phi) is 6.42. The summed E-state index contributed by atoms with van der Waals surface area (Å²) in [4.78, 5) is 25.6. The molecule has 0 N–H and O–H groups in total. The maximum Gasteiger partial charge on any atom is 0.364 e. The molecule has 3 rings (SSSR count). The second-order valence-electron chi connectivity index (χ2n) is 6.40. The van der Waals surface area contributed by atoms with Crippen molar-refractivity contribution in [2.45, 2.75) is 39.7 Å². The van der Waals surface area contributed by atoms with Gasteiger partial charge in [0, 0.05) is 11.9 Å². The molecule has 2 aromatic carbocycles. The average molecular weight is 380 g/mol. The maximum atomic E-state index is 12.9. The van der Waals surface area contributed by atoms with Crippen LogP contribution < -0.4 is 15.0 Å². The van der Waals surface area contributed by atoms with E-state index in [0.29, 0.717) is 35.4 Å². The Morgan fingerprint density at radius 1 is 0.964 bits per heavy atom. The number of carbonyl (C=O) groups is 1. The number of benzene rings is 2. The molecule has 0 aliphatic carbocycles. The third-order valence-corrected chi connectivity index (χ3v) is 4.39. The largest absolute Gasteiger partial charge is 0.490 e. The molecule has 0 saturated heterocycles. The Morgan fingerprint density at radius 3 is 2.36 bits per heavy atom. The standard InChI is InChI=1S/C22H24N2O4/c1-3-5-10-15-24-21(25)17-12-7-6-11-16(17)20(23-24)22(26)28-19-14-9-8-13-18(19)27-4-2/h6-9,11-14H,3-5,10,15H2,1-2H3. The lowest BCUT2D eigenvalue weighted by atomic mass is 10.1. The number of rotatable bonds is 8. The summed E-state index contributed by atoms with van der Waals surface area (Å²) in [5.41, 5.74) is -0.0732. The predicted octanol–water partition coefficient (Wildman–Crippen LogP) is 4.20. The van der Waals surface area contributed by atoms with E-state index in [9.17, 15) is 9.59 Å². The van der Waals surface area contributed by atoms with Gasteiger partial charge in [0.25, 0.3) is 5.56 Å². The van der Waals surface area contributed by atoms with E-state index in [1.54, 1.807) is 42.5 Å². The van der Waals surface area contributed by atoms with Crippen LogP contribution in [0.15, 0.2) is 53.3 Å². The van der Waals surface area contributed by atoms with Crippen molar-refractivity contribution in [1.82, 2.24) is 9.78 Å². The van der Waals surface area contributed by atoms with Crippen LogP contribution in [0.2, 0.25) is 0 Å². The minimum atomic E-state index is -0.618. The zero-order valence-electron chi connectivity index (χ0n) is 16.2. The number of nitrogens with zero attached hydrogens (tertiary/aromatic N) is 2. The average Bonchev–Trinajstić information content (AvgIpc) is 2.71. The first kappa shape index (κ1) is 19.6. The van der Waals surface area contributed by atoms with E-state index in [1.165, 1.54) is 4.68 Å². The molecule has 146 valence electrons.